The zero-order valence-corrected chi connectivity index (χ0v) is 8.32. The molecule has 0 saturated heterocycles. The van der Waals surface area contributed by atoms with Gasteiger partial charge in [-0.2, -0.15) is 0 Å². The molecule has 0 aliphatic rings. The summed E-state index contributed by atoms with van der Waals surface area (Å²) in [5.74, 6) is -0.949. The number of hydrogen-bond acceptors (Lipinski definition) is 3. The summed E-state index contributed by atoms with van der Waals surface area (Å²) in [6.45, 7) is 0. The van der Waals surface area contributed by atoms with E-state index in [1.54, 1.807) is 25.4 Å². The summed E-state index contributed by atoms with van der Waals surface area (Å²) in [6.07, 6.45) is 2.90. The van der Waals surface area contributed by atoms with Crippen molar-refractivity contribution in [1.29, 1.82) is 5.41 Å². The molecule has 0 saturated carbocycles. The maximum Gasteiger partial charge on any atom is 0.335 e. The van der Waals surface area contributed by atoms with Crippen LogP contribution < -0.4 is 5.32 Å². The van der Waals surface area contributed by atoms with E-state index < -0.39 is 5.97 Å². The molecule has 0 heterocycles. The number of nitrogens with one attached hydrogen (secondary N) is 2. The molecule has 1 rings (SSSR count). The van der Waals surface area contributed by atoms with Gasteiger partial charge >= 0.3 is 5.97 Å². The summed E-state index contributed by atoms with van der Waals surface area (Å²) < 4.78 is 0. The summed E-state index contributed by atoms with van der Waals surface area (Å²) in [5.41, 5.74) is 1.76. The average molecular weight is 204 g/mol. The van der Waals surface area contributed by atoms with Gasteiger partial charge in [0, 0.05) is 25.0 Å². The van der Waals surface area contributed by atoms with Crippen LogP contribution in [-0.4, -0.2) is 24.3 Å². The second-order valence-electron chi connectivity index (χ2n) is 2.92. The molecule has 0 atom stereocenters. The van der Waals surface area contributed by atoms with Gasteiger partial charge in [-0.05, 0) is 17.7 Å². The van der Waals surface area contributed by atoms with Gasteiger partial charge in [0.1, 0.15) is 0 Å². The van der Waals surface area contributed by atoms with Gasteiger partial charge in [0.15, 0.2) is 0 Å². The van der Waals surface area contributed by atoms with Gasteiger partial charge in [0.25, 0.3) is 0 Å². The summed E-state index contributed by atoms with van der Waals surface area (Å²) >= 11 is 0. The van der Waals surface area contributed by atoms with Gasteiger partial charge in [-0.25, -0.2) is 4.79 Å². The quantitative estimate of drug-likeness (QED) is 0.652. The summed E-state index contributed by atoms with van der Waals surface area (Å²) in [7, 11) is 1.75. The van der Waals surface area contributed by atoms with E-state index in [0.29, 0.717) is 5.57 Å². The van der Waals surface area contributed by atoms with Crippen molar-refractivity contribution >= 4 is 17.8 Å². The third-order valence-corrected chi connectivity index (χ3v) is 1.92. The van der Waals surface area contributed by atoms with Crippen molar-refractivity contribution in [2.75, 3.05) is 7.05 Å². The molecule has 1 aromatic rings. The van der Waals surface area contributed by atoms with Crippen molar-refractivity contribution in [2.45, 2.75) is 0 Å². The minimum atomic E-state index is -0.949. The number of carboxylic acid groups (broad SMARTS) is 1. The number of carboxylic acids is 1. The molecule has 15 heavy (non-hydrogen) atoms. The fourth-order valence-corrected chi connectivity index (χ4v) is 1.17. The molecule has 78 valence electrons. The lowest BCUT2D eigenvalue weighted by Crippen LogP contribution is -1.99. The highest BCUT2D eigenvalue weighted by Gasteiger charge is 2.03. The molecule has 0 radical (unpaired) electrons. The molecule has 3 N–H and O–H groups in total. The normalized spacial score (nSPS) is 10.9. The van der Waals surface area contributed by atoms with Crippen molar-refractivity contribution in [2.24, 2.45) is 0 Å². The van der Waals surface area contributed by atoms with Crippen LogP contribution in [0.4, 0.5) is 0 Å². The highest BCUT2D eigenvalue weighted by Crippen LogP contribution is 2.12. The Morgan fingerprint density at radius 2 is 1.87 bits per heavy atom. The van der Waals surface area contributed by atoms with E-state index in [-0.39, 0.29) is 5.56 Å². The van der Waals surface area contributed by atoms with Crippen LogP contribution in [0.5, 0.6) is 0 Å². The van der Waals surface area contributed by atoms with Crippen LogP contribution in [0.1, 0.15) is 15.9 Å². The molecule has 0 bridgehead atoms. The lowest BCUT2D eigenvalue weighted by atomic mass is 10.1. The lowest BCUT2D eigenvalue weighted by molar-refractivity contribution is 0.0697. The van der Waals surface area contributed by atoms with Gasteiger partial charge < -0.3 is 15.8 Å². The van der Waals surface area contributed by atoms with Crippen LogP contribution in [-0.2, 0) is 0 Å². The zero-order valence-electron chi connectivity index (χ0n) is 8.32. The maximum absolute atomic E-state index is 10.6. The Kier molecular flexibility index (Phi) is 3.62. The minimum absolute atomic E-state index is 0.243. The first-order chi connectivity index (χ1) is 7.19. The molecule has 0 fully saturated rings. The Balaban J connectivity index is 3.02. The first-order valence-electron chi connectivity index (χ1n) is 4.40. The molecule has 4 heteroatoms. The Hall–Kier alpha value is -2.10. The number of carbonyl (C=O) groups is 1. The van der Waals surface area contributed by atoms with Gasteiger partial charge in [0.2, 0.25) is 0 Å². The van der Waals surface area contributed by atoms with E-state index in [0.717, 1.165) is 5.56 Å². The van der Waals surface area contributed by atoms with Crippen LogP contribution >= 0.6 is 0 Å². The fourth-order valence-electron chi connectivity index (χ4n) is 1.17. The standard InChI is InChI=1S/C11H12N2O2/c1-13-7-10(6-12)8-2-4-9(5-3-8)11(14)15/h2-7,12-13H,1H3,(H,14,15)/b10-7+,12-6?. The van der Waals surface area contributed by atoms with Gasteiger partial charge in [0.05, 0.1) is 5.56 Å². The molecular formula is C11H12N2O2. The largest absolute Gasteiger partial charge is 0.478 e. The Labute approximate surface area is 87.8 Å². The molecule has 0 aliphatic carbocycles. The summed E-state index contributed by atoms with van der Waals surface area (Å²) in [6, 6.07) is 6.39. The van der Waals surface area contributed by atoms with Crippen LogP contribution in [0, 0.1) is 5.41 Å². The first-order valence-corrected chi connectivity index (χ1v) is 4.40. The SMILES string of the molecule is CN/C=C(\C=N)c1ccc(C(=O)O)cc1. The fraction of sp³-hybridized carbons (Fsp3) is 0.0909. The second-order valence-corrected chi connectivity index (χ2v) is 2.92. The Morgan fingerprint density at radius 1 is 1.33 bits per heavy atom. The summed E-state index contributed by atoms with van der Waals surface area (Å²) in [4.78, 5) is 10.6. The number of benzene rings is 1. The van der Waals surface area contributed by atoms with Gasteiger partial charge in [-0.1, -0.05) is 12.1 Å². The van der Waals surface area contributed by atoms with Crippen molar-refractivity contribution in [3.63, 3.8) is 0 Å². The van der Waals surface area contributed by atoms with Crippen LogP contribution in [0.3, 0.4) is 0 Å². The monoisotopic (exact) mass is 204 g/mol. The van der Waals surface area contributed by atoms with Crippen LogP contribution in [0.2, 0.25) is 0 Å². The summed E-state index contributed by atoms with van der Waals surface area (Å²) in [5, 5.41) is 18.7. The van der Waals surface area contributed by atoms with Crippen molar-refractivity contribution in [3.8, 4) is 0 Å². The molecule has 0 amide bonds. The van der Waals surface area contributed by atoms with Gasteiger partial charge in [-0.15, -0.1) is 0 Å². The lowest BCUT2D eigenvalue weighted by Gasteiger charge is -2.02. The maximum atomic E-state index is 10.6. The van der Waals surface area contributed by atoms with E-state index in [4.69, 9.17) is 10.5 Å². The highest BCUT2D eigenvalue weighted by molar-refractivity contribution is 6.08. The smallest absolute Gasteiger partial charge is 0.335 e. The number of allylic oxidation sites excluding steroid dienone is 1. The molecule has 0 spiro atoms. The second kappa shape index (κ2) is 4.95. The minimum Gasteiger partial charge on any atom is -0.478 e. The topological polar surface area (TPSA) is 73.2 Å². The van der Waals surface area contributed by atoms with E-state index in [2.05, 4.69) is 5.32 Å². The van der Waals surface area contributed by atoms with Gasteiger partial charge in [-0.3, -0.25) is 0 Å². The molecular weight excluding hydrogens is 192 g/mol. The van der Waals surface area contributed by atoms with E-state index >= 15 is 0 Å². The Bertz CT molecular complexity index is 394. The number of rotatable bonds is 4. The van der Waals surface area contributed by atoms with E-state index in [9.17, 15) is 4.79 Å². The van der Waals surface area contributed by atoms with E-state index in [1.165, 1.54) is 18.3 Å². The predicted octanol–water partition coefficient (Wildman–Crippen LogP) is 1.59. The number of aromatic carboxylic acids is 1. The highest BCUT2D eigenvalue weighted by atomic mass is 16.4. The zero-order chi connectivity index (χ0) is 11.3. The van der Waals surface area contributed by atoms with Crippen molar-refractivity contribution < 1.29 is 9.90 Å². The Morgan fingerprint density at radius 3 is 2.27 bits per heavy atom. The molecule has 1 aromatic carbocycles. The van der Waals surface area contributed by atoms with E-state index in [1.807, 2.05) is 0 Å². The molecule has 0 aliphatic heterocycles. The third kappa shape index (κ3) is 2.67. The predicted molar refractivity (Wildman–Crippen MR) is 59.2 cm³/mol. The third-order valence-electron chi connectivity index (χ3n) is 1.92. The van der Waals surface area contributed by atoms with Crippen molar-refractivity contribution in [3.05, 3.63) is 41.6 Å². The average Bonchev–Trinajstić information content (AvgIpc) is 2.26. The molecule has 0 aromatic heterocycles. The molecule has 4 nitrogen and oxygen atoms in total. The van der Waals surface area contributed by atoms with Crippen molar-refractivity contribution in [1.82, 2.24) is 5.32 Å². The van der Waals surface area contributed by atoms with Crippen LogP contribution in [0.15, 0.2) is 30.5 Å². The first kappa shape index (κ1) is 11.0. The molecule has 0 unspecified atom stereocenters. The van der Waals surface area contributed by atoms with Crippen LogP contribution in [0.25, 0.3) is 5.57 Å². The number of hydrogen-bond donors (Lipinski definition) is 3.